The first-order valence-electron chi connectivity index (χ1n) is 10.8. The van der Waals surface area contributed by atoms with Crippen molar-refractivity contribution in [1.82, 2.24) is 24.5 Å². The Balaban J connectivity index is 1.59. The summed E-state index contributed by atoms with van der Waals surface area (Å²) in [7, 11) is 0. The molecule has 0 fully saturated rings. The summed E-state index contributed by atoms with van der Waals surface area (Å²) >= 11 is 0. The van der Waals surface area contributed by atoms with E-state index < -0.39 is 17.6 Å². The van der Waals surface area contributed by atoms with E-state index in [0.717, 1.165) is 22.9 Å². The number of aromatic nitrogens is 5. The third-order valence-electron chi connectivity index (χ3n) is 5.66. The second-order valence-corrected chi connectivity index (χ2v) is 8.49. The van der Waals surface area contributed by atoms with Gasteiger partial charge in [-0.05, 0) is 46.2 Å². The molecule has 1 amide bonds. The molecule has 3 aromatic heterocycles. The lowest BCUT2D eigenvalue weighted by molar-refractivity contribution is -0.136. The summed E-state index contributed by atoms with van der Waals surface area (Å²) in [5.74, 6) is -0.428. The summed E-state index contributed by atoms with van der Waals surface area (Å²) in [4.78, 5) is 17.1. The number of benzene rings is 1. The van der Waals surface area contributed by atoms with Crippen LogP contribution in [0, 0.1) is 34.6 Å². The molecule has 4 aromatic rings. The lowest BCUT2D eigenvalue weighted by atomic mass is 10.1. The van der Waals surface area contributed by atoms with Crippen LogP contribution in [0.25, 0.3) is 11.0 Å². The van der Waals surface area contributed by atoms with E-state index in [-0.39, 0.29) is 29.0 Å². The van der Waals surface area contributed by atoms with Gasteiger partial charge in [0.25, 0.3) is 0 Å². The molecule has 0 aliphatic rings. The first-order valence-corrected chi connectivity index (χ1v) is 10.8. The Hall–Kier alpha value is -3.69. The Morgan fingerprint density at radius 1 is 1.00 bits per heavy atom. The number of carbonyl (C=O) groups excluding carboxylic acids is 1. The number of amides is 1. The third-order valence-corrected chi connectivity index (χ3v) is 5.66. The maximum atomic E-state index is 13.6. The summed E-state index contributed by atoms with van der Waals surface area (Å²) in [5, 5.41) is 11.5. The van der Waals surface area contributed by atoms with Crippen LogP contribution in [-0.4, -0.2) is 30.5 Å². The van der Waals surface area contributed by atoms with Crippen molar-refractivity contribution in [2.45, 2.75) is 53.9 Å². The van der Waals surface area contributed by atoms with Gasteiger partial charge in [0, 0.05) is 5.69 Å². The molecule has 0 saturated heterocycles. The zero-order chi connectivity index (χ0) is 24.8. The minimum absolute atomic E-state index is 0.0311. The van der Waals surface area contributed by atoms with E-state index in [1.54, 1.807) is 6.92 Å². The molecule has 1 N–H and O–H groups in total. The number of alkyl halides is 3. The lowest BCUT2D eigenvalue weighted by Gasteiger charge is -2.10. The van der Waals surface area contributed by atoms with Crippen LogP contribution >= 0.6 is 0 Å². The molecule has 0 aliphatic carbocycles. The predicted octanol–water partition coefficient (Wildman–Crippen LogP) is 4.88. The Bertz CT molecular complexity index is 1400. The summed E-state index contributed by atoms with van der Waals surface area (Å²) in [6.45, 7) is 8.91. The van der Waals surface area contributed by atoms with Crippen LogP contribution in [0.4, 0.5) is 18.9 Å². The summed E-state index contributed by atoms with van der Waals surface area (Å²) in [5.41, 5.74) is 3.83. The molecule has 1 aromatic carbocycles. The Morgan fingerprint density at radius 2 is 1.71 bits per heavy atom. The number of halogens is 3. The fourth-order valence-electron chi connectivity index (χ4n) is 4.14. The maximum Gasteiger partial charge on any atom is 0.417 e. The van der Waals surface area contributed by atoms with Gasteiger partial charge in [-0.1, -0.05) is 29.8 Å². The average Bonchev–Trinajstić information content (AvgIpc) is 3.17. The van der Waals surface area contributed by atoms with Gasteiger partial charge in [0.15, 0.2) is 5.65 Å². The Labute approximate surface area is 194 Å². The number of aryl methyl sites for hydroxylation is 4. The van der Waals surface area contributed by atoms with Crippen LogP contribution in [-0.2, 0) is 24.1 Å². The van der Waals surface area contributed by atoms with Gasteiger partial charge >= 0.3 is 6.18 Å². The monoisotopic (exact) mass is 470 g/mol. The van der Waals surface area contributed by atoms with Gasteiger partial charge < -0.3 is 5.32 Å². The SMILES string of the molecule is Cc1cccc(Cn2nc(C)c(NC(=O)Cn3nc(C)c4c(C(F)(F)F)cc(C)nc43)c2C)c1. The number of nitrogens with zero attached hydrogens (tertiary/aromatic N) is 5. The van der Waals surface area contributed by atoms with Crippen molar-refractivity contribution < 1.29 is 18.0 Å². The fraction of sp³-hybridized carbons (Fsp3) is 0.333. The summed E-state index contributed by atoms with van der Waals surface area (Å²) in [6.07, 6.45) is -4.55. The average molecular weight is 470 g/mol. The molecule has 7 nitrogen and oxygen atoms in total. The van der Waals surface area contributed by atoms with Crippen LogP contribution in [0.2, 0.25) is 0 Å². The number of anilines is 1. The van der Waals surface area contributed by atoms with Gasteiger partial charge in [-0.25, -0.2) is 9.67 Å². The standard InChI is InChI=1S/C24H25F3N6O/c1-13-7-6-8-18(9-13)11-32-17(5)22(16(4)31-32)29-20(34)12-33-23-21(15(3)30-33)19(24(25,26)27)10-14(2)28-23/h6-10H,11-12H2,1-5H3,(H,29,34). The lowest BCUT2D eigenvalue weighted by Crippen LogP contribution is -2.20. The summed E-state index contributed by atoms with van der Waals surface area (Å²) in [6, 6.07) is 9.08. The van der Waals surface area contributed by atoms with Crippen LogP contribution < -0.4 is 5.32 Å². The van der Waals surface area contributed by atoms with Gasteiger partial charge in [-0.3, -0.25) is 9.48 Å². The molecule has 0 radical (unpaired) electrons. The highest BCUT2D eigenvalue weighted by molar-refractivity contribution is 5.93. The molecule has 3 heterocycles. The van der Waals surface area contributed by atoms with Crippen LogP contribution in [0.15, 0.2) is 30.3 Å². The van der Waals surface area contributed by atoms with Crippen molar-refractivity contribution in [3.05, 3.63) is 69.8 Å². The first-order chi connectivity index (χ1) is 15.9. The molecule has 0 aliphatic heterocycles. The van der Waals surface area contributed by atoms with E-state index in [1.807, 2.05) is 36.7 Å². The molecule has 0 saturated carbocycles. The van der Waals surface area contributed by atoms with Crippen LogP contribution in [0.5, 0.6) is 0 Å². The number of fused-ring (bicyclic) bond motifs is 1. The Morgan fingerprint density at radius 3 is 2.38 bits per heavy atom. The number of carbonyl (C=O) groups is 1. The van der Waals surface area contributed by atoms with Crippen molar-refractivity contribution in [1.29, 1.82) is 0 Å². The molecular formula is C24H25F3N6O. The Kier molecular flexibility index (Phi) is 5.93. The third kappa shape index (κ3) is 4.52. The molecule has 0 spiro atoms. The summed E-state index contributed by atoms with van der Waals surface area (Å²) < 4.78 is 43.7. The van der Waals surface area contributed by atoms with Crippen molar-refractivity contribution in [2.75, 3.05) is 5.32 Å². The number of pyridine rings is 1. The van der Waals surface area contributed by atoms with Crippen molar-refractivity contribution in [3.63, 3.8) is 0 Å². The second kappa shape index (κ2) is 8.58. The van der Waals surface area contributed by atoms with E-state index in [1.165, 1.54) is 18.5 Å². The number of rotatable bonds is 5. The van der Waals surface area contributed by atoms with E-state index >= 15 is 0 Å². The smallest absolute Gasteiger partial charge is 0.321 e. The molecule has 0 bridgehead atoms. The molecular weight excluding hydrogens is 445 g/mol. The number of hydrogen-bond acceptors (Lipinski definition) is 4. The number of nitrogens with one attached hydrogen (secondary N) is 1. The van der Waals surface area contributed by atoms with Crippen molar-refractivity contribution in [3.8, 4) is 0 Å². The van der Waals surface area contributed by atoms with Gasteiger partial charge in [0.2, 0.25) is 5.91 Å². The molecule has 4 rings (SSSR count). The number of hydrogen-bond donors (Lipinski definition) is 1. The quantitative estimate of drug-likeness (QED) is 0.451. The fourth-order valence-corrected chi connectivity index (χ4v) is 4.14. The molecule has 0 unspecified atom stereocenters. The minimum Gasteiger partial charge on any atom is -0.321 e. The van der Waals surface area contributed by atoms with Gasteiger partial charge in [0.1, 0.15) is 6.54 Å². The highest BCUT2D eigenvalue weighted by atomic mass is 19.4. The predicted molar refractivity (Wildman–Crippen MR) is 123 cm³/mol. The van der Waals surface area contributed by atoms with Crippen LogP contribution in [0.3, 0.4) is 0 Å². The van der Waals surface area contributed by atoms with Crippen molar-refractivity contribution >= 4 is 22.6 Å². The van der Waals surface area contributed by atoms with E-state index in [4.69, 9.17) is 0 Å². The van der Waals surface area contributed by atoms with Gasteiger partial charge in [-0.2, -0.15) is 23.4 Å². The highest BCUT2D eigenvalue weighted by Crippen LogP contribution is 2.36. The minimum atomic E-state index is -4.55. The van der Waals surface area contributed by atoms with E-state index in [2.05, 4.69) is 26.6 Å². The second-order valence-electron chi connectivity index (χ2n) is 8.49. The van der Waals surface area contributed by atoms with Gasteiger partial charge in [0.05, 0.1) is 40.3 Å². The maximum absolute atomic E-state index is 13.6. The molecule has 178 valence electrons. The van der Waals surface area contributed by atoms with Gasteiger partial charge in [-0.15, -0.1) is 0 Å². The zero-order valence-electron chi connectivity index (χ0n) is 19.6. The highest BCUT2D eigenvalue weighted by Gasteiger charge is 2.35. The zero-order valence-corrected chi connectivity index (χ0v) is 19.6. The van der Waals surface area contributed by atoms with E-state index in [0.29, 0.717) is 17.9 Å². The first kappa shape index (κ1) is 23.5. The van der Waals surface area contributed by atoms with Crippen molar-refractivity contribution in [2.24, 2.45) is 0 Å². The normalized spacial score (nSPS) is 11.9. The molecule has 0 atom stereocenters. The molecule has 10 heteroatoms. The topological polar surface area (TPSA) is 77.6 Å². The largest absolute Gasteiger partial charge is 0.417 e. The molecule has 34 heavy (non-hydrogen) atoms. The van der Waals surface area contributed by atoms with Crippen LogP contribution in [0.1, 0.15) is 39.5 Å². The van der Waals surface area contributed by atoms with E-state index in [9.17, 15) is 18.0 Å².